The molecular formula is C22H39N5O. The first-order valence-corrected chi connectivity index (χ1v) is 11.3. The third-order valence-electron chi connectivity index (χ3n) is 6.02. The molecular weight excluding hydrogens is 350 g/mol. The van der Waals surface area contributed by atoms with E-state index >= 15 is 0 Å². The van der Waals surface area contributed by atoms with Gasteiger partial charge in [-0.3, -0.25) is 9.69 Å². The van der Waals surface area contributed by atoms with Crippen LogP contribution in [0.1, 0.15) is 70.6 Å². The number of nitriles is 1. The van der Waals surface area contributed by atoms with Crippen LogP contribution in [0.15, 0.2) is 11.8 Å². The molecule has 6 heteroatoms. The van der Waals surface area contributed by atoms with Crippen molar-refractivity contribution >= 4 is 5.91 Å². The summed E-state index contributed by atoms with van der Waals surface area (Å²) in [7, 11) is 0. The first-order valence-electron chi connectivity index (χ1n) is 11.3. The van der Waals surface area contributed by atoms with Crippen LogP contribution in [-0.4, -0.2) is 61.0 Å². The van der Waals surface area contributed by atoms with E-state index < -0.39 is 0 Å². The zero-order valence-electron chi connectivity index (χ0n) is 17.5. The lowest BCUT2D eigenvalue weighted by Gasteiger charge is -2.34. The van der Waals surface area contributed by atoms with Crippen LogP contribution in [0.4, 0.5) is 0 Å². The molecule has 1 saturated carbocycles. The molecule has 3 N–H and O–H groups in total. The fourth-order valence-electron chi connectivity index (χ4n) is 4.20. The van der Waals surface area contributed by atoms with Crippen molar-refractivity contribution in [3.05, 3.63) is 11.8 Å². The Morgan fingerprint density at radius 2 is 1.50 bits per heavy atom. The van der Waals surface area contributed by atoms with Crippen LogP contribution in [0, 0.1) is 11.3 Å². The molecule has 0 bridgehead atoms. The number of hydrogen-bond donors (Lipinski definition) is 2. The van der Waals surface area contributed by atoms with Crippen molar-refractivity contribution in [2.75, 3.05) is 39.3 Å². The highest BCUT2D eigenvalue weighted by molar-refractivity contribution is 5.97. The molecule has 0 spiro atoms. The van der Waals surface area contributed by atoms with Crippen LogP contribution in [0.25, 0.3) is 0 Å². The van der Waals surface area contributed by atoms with E-state index in [0.29, 0.717) is 25.7 Å². The van der Waals surface area contributed by atoms with Gasteiger partial charge in [0, 0.05) is 51.5 Å². The Balaban J connectivity index is 1.85. The minimum absolute atomic E-state index is 0.143. The predicted molar refractivity (Wildman–Crippen MR) is 113 cm³/mol. The van der Waals surface area contributed by atoms with E-state index in [1.165, 1.54) is 57.8 Å². The molecule has 1 saturated heterocycles. The summed E-state index contributed by atoms with van der Waals surface area (Å²) in [5.74, 6) is -0.143. The lowest BCUT2D eigenvalue weighted by atomic mass is 9.98. The first-order chi connectivity index (χ1) is 13.7. The molecule has 1 aliphatic carbocycles. The minimum Gasteiger partial charge on any atom is -0.387 e. The van der Waals surface area contributed by atoms with Crippen molar-refractivity contribution in [3.8, 4) is 6.07 Å². The van der Waals surface area contributed by atoms with Crippen molar-refractivity contribution in [2.24, 2.45) is 5.73 Å². The molecule has 0 radical (unpaired) electrons. The average Bonchev–Trinajstić information content (AvgIpc) is 2.70. The van der Waals surface area contributed by atoms with Crippen LogP contribution in [0.2, 0.25) is 0 Å². The van der Waals surface area contributed by atoms with Crippen LogP contribution in [-0.2, 0) is 4.79 Å². The molecule has 2 rings (SSSR count). The van der Waals surface area contributed by atoms with Crippen molar-refractivity contribution < 1.29 is 4.79 Å². The standard InChI is InChI=1S/C22H39N5O/c23-12-13-26-14-16-27(17-15-26)22(28)20(18-24)19-25-21-10-8-6-4-2-1-3-5-7-9-11-21/h19,21,25H,1-17,23H2/b20-19-. The third kappa shape index (κ3) is 8.20. The Morgan fingerprint density at radius 3 is 2.00 bits per heavy atom. The van der Waals surface area contributed by atoms with E-state index in [-0.39, 0.29) is 11.5 Å². The molecule has 2 fully saturated rings. The fourth-order valence-corrected chi connectivity index (χ4v) is 4.20. The van der Waals surface area contributed by atoms with E-state index in [9.17, 15) is 10.1 Å². The molecule has 0 atom stereocenters. The molecule has 1 amide bonds. The van der Waals surface area contributed by atoms with Gasteiger partial charge in [0.25, 0.3) is 5.91 Å². The first kappa shape index (κ1) is 22.7. The van der Waals surface area contributed by atoms with Crippen molar-refractivity contribution in [2.45, 2.75) is 76.7 Å². The summed E-state index contributed by atoms with van der Waals surface area (Å²) in [4.78, 5) is 16.8. The summed E-state index contributed by atoms with van der Waals surface area (Å²) in [6.45, 7) is 4.51. The van der Waals surface area contributed by atoms with Crippen LogP contribution in [0.5, 0.6) is 0 Å². The number of amides is 1. The molecule has 1 heterocycles. The van der Waals surface area contributed by atoms with E-state index in [0.717, 1.165) is 32.5 Å². The van der Waals surface area contributed by atoms with Gasteiger partial charge in [-0.05, 0) is 12.8 Å². The highest BCUT2D eigenvalue weighted by atomic mass is 16.2. The zero-order chi connectivity index (χ0) is 20.0. The molecule has 28 heavy (non-hydrogen) atoms. The van der Waals surface area contributed by atoms with Crippen LogP contribution < -0.4 is 11.1 Å². The zero-order valence-corrected chi connectivity index (χ0v) is 17.5. The minimum atomic E-state index is -0.143. The Kier molecular flexibility index (Phi) is 11.0. The van der Waals surface area contributed by atoms with Crippen molar-refractivity contribution in [1.29, 1.82) is 5.26 Å². The lowest BCUT2D eigenvalue weighted by Crippen LogP contribution is -2.50. The van der Waals surface area contributed by atoms with Crippen molar-refractivity contribution in [3.63, 3.8) is 0 Å². The molecule has 0 aromatic heterocycles. The average molecular weight is 390 g/mol. The van der Waals surface area contributed by atoms with Gasteiger partial charge in [-0.2, -0.15) is 5.26 Å². The maximum absolute atomic E-state index is 12.7. The quantitative estimate of drug-likeness (QED) is 0.558. The summed E-state index contributed by atoms with van der Waals surface area (Å²) >= 11 is 0. The van der Waals surface area contributed by atoms with E-state index in [1.807, 2.05) is 0 Å². The predicted octanol–water partition coefficient (Wildman–Crippen LogP) is 2.76. The van der Waals surface area contributed by atoms with Gasteiger partial charge in [0.1, 0.15) is 11.6 Å². The monoisotopic (exact) mass is 389 g/mol. The fraction of sp³-hybridized carbons (Fsp3) is 0.818. The van der Waals surface area contributed by atoms with Crippen LogP contribution >= 0.6 is 0 Å². The topological polar surface area (TPSA) is 85.4 Å². The summed E-state index contributed by atoms with van der Waals surface area (Å²) in [5, 5.41) is 12.9. The Labute approximate surface area is 171 Å². The maximum atomic E-state index is 12.7. The number of carbonyl (C=O) groups is 1. The SMILES string of the molecule is N#C/C(=C/NC1CCCCCCCCCCC1)C(=O)N1CCN(CCN)CC1. The van der Waals surface area contributed by atoms with Gasteiger partial charge >= 0.3 is 0 Å². The summed E-state index contributed by atoms with van der Waals surface area (Å²) in [6.07, 6.45) is 15.8. The number of carbonyl (C=O) groups excluding carboxylic acids is 1. The van der Waals surface area contributed by atoms with Gasteiger partial charge in [-0.25, -0.2) is 0 Å². The number of nitrogens with two attached hydrogens (primary N) is 1. The third-order valence-corrected chi connectivity index (χ3v) is 6.02. The lowest BCUT2D eigenvalue weighted by molar-refractivity contribution is -0.128. The number of rotatable bonds is 5. The van der Waals surface area contributed by atoms with Gasteiger partial charge in [0.15, 0.2) is 0 Å². The largest absolute Gasteiger partial charge is 0.387 e. The Morgan fingerprint density at radius 1 is 0.964 bits per heavy atom. The summed E-state index contributed by atoms with van der Waals surface area (Å²) in [6, 6.07) is 2.49. The van der Waals surface area contributed by atoms with Gasteiger partial charge in [0.05, 0.1) is 0 Å². The van der Waals surface area contributed by atoms with Gasteiger partial charge in [0.2, 0.25) is 0 Å². The van der Waals surface area contributed by atoms with E-state index in [2.05, 4.69) is 16.3 Å². The number of piperazine rings is 1. The van der Waals surface area contributed by atoms with Gasteiger partial charge in [-0.1, -0.05) is 57.8 Å². The number of nitrogens with zero attached hydrogens (tertiary/aromatic N) is 3. The second kappa shape index (κ2) is 13.6. The maximum Gasteiger partial charge on any atom is 0.266 e. The summed E-state index contributed by atoms with van der Waals surface area (Å²) < 4.78 is 0. The normalized spacial score (nSPS) is 22.0. The van der Waals surface area contributed by atoms with E-state index in [1.54, 1.807) is 11.1 Å². The number of hydrogen-bond acceptors (Lipinski definition) is 5. The summed E-state index contributed by atoms with van der Waals surface area (Å²) in [5.41, 5.74) is 5.84. The van der Waals surface area contributed by atoms with Crippen molar-refractivity contribution in [1.82, 2.24) is 15.1 Å². The molecule has 2 aliphatic rings. The van der Waals surface area contributed by atoms with Gasteiger partial charge in [-0.15, -0.1) is 0 Å². The highest BCUT2D eigenvalue weighted by Crippen LogP contribution is 2.17. The second-order valence-corrected chi connectivity index (χ2v) is 8.22. The van der Waals surface area contributed by atoms with E-state index in [4.69, 9.17) is 5.73 Å². The molecule has 0 aromatic rings. The highest BCUT2D eigenvalue weighted by Gasteiger charge is 2.23. The van der Waals surface area contributed by atoms with Crippen LogP contribution in [0.3, 0.4) is 0 Å². The smallest absolute Gasteiger partial charge is 0.266 e. The molecule has 0 aromatic carbocycles. The number of nitrogens with one attached hydrogen (secondary N) is 1. The van der Waals surface area contributed by atoms with Gasteiger partial charge < -0.3 is 16.0 Å². The molecule has 158 valence electrons. The molecule has 0 unspecified atom stereocenters. The molecule has 6 nitrogen and oxygen atoms in total. The molecule has 1 aliphatic heterocycles. The Hall–Kier alpha value is -1.58. The second-order valence-electron chi connectivity index (χ2n) is 8.22. The Bertz CT molecular complexity index is 508.